The van der Waals surface area contributed by atoms with Crippen LogP contribution in [0.1, 0.15) is 37.5 Å². The molecule has 0 aliphatic carbocycles. The molecule has 2 heteroatoms. The zero-order valence-electron chi connectivity index (χ0n) is 27.3. The second-order valence-corrected chi connectivity index (χ2v) is 13.3. The van der Waals surface area contributed by atoms with Gasteiger partial charge in [0, 0.05) is 44.3 Å². The van der Waals surface area contributed by atoms with Crippen LogP contribution in [0.4, 0.5) is 34.1 Å². The fourth-order valence-corrected chi connectivity index (χ4v) is 6.58. The zero-order chi connectivity index (χ0) is 31.8. The Hall–Kier alpha value is -5.34. The van der Waals surface area contributed by atoms with E-state index < -0.39 is 0 Å². The maximum atomic E-state index is 2.45. The number of rotatable bonds is 6. The Balaban J connectivity index is 1.67. The van der Waals surface area contributed by atoms with Gasteiger partial charge in [0.25, 0.3) is 0 Å². The second-order valence-electron chi connectivity index (χ2n) is 13.3. The number of hydrogen-bond acceptors (Lipinski definition) is 2. The summed E-state index contributed by atoms with van der Waals surface area (Å²) < 4.78 is 0. The average Bonchev–Trinajstić information content (AvgIpc) is 3.06. The van der Waals surface area contributed by atoms with Crippen LogP contribution in [0.2, 0.25) is 0 Å². The van der Waals surface area contributed by atoms with Crippen LogP contribution in [0.3, 0.4) is 0 Å². The van der Waals surface area contributed by atoms with E-state index in [0.717, 1.165) is 22.7 Å². The summed E-state index contributed by atoms with van der Waals surface area (Å²) in [6.07, 6.45) is 0. The molecule has 0 N–H and O–H groups in total. The predicted molar refractivity (Wildman–Crippen MR) is 199 cm³/mol. The number of fused-ring (bicyclic) bond motifs is 2. The van der Waals surface area contributed by atoms with Gasteiger partial charge in [0.15, 0.2) is 0 Å². The first-order valence-electron chi connectivity index (χ1n) is 16.1. The molecule has 7 rings (SSSR count). The van der Waals surface area contributed by atoms with E-state index in [1.54, 1.807) is 0 Å². The van der Waals surface area contributed by atoms with Gasteiger partial charge in [-0.25, -0.2) is 0 Å². The van der Waals surface area contributed by atoms with Crippen molar-refractivity contribution in [3.8, 4) is 0 Å². The van der Waals surface area contributed by atoms with Crippen LogP contribution in [-0.4, -0.2) is 0 Å². The van der Waals surface area contributed by atoms with Gasteiger partial charge in [-0.15, -0.1) is 0 Å². The number of nitrogens with zero attached hydrogens (tertiary/aromatic N) is 2. The minimum Gasteiger partial charge on any atom is -0.309 e. The van der Waals surface area contributed by atoms with Gasteiger partial charge in [-0.2, -0.15) is 0 Å². The van der Waals surface area contributed by atoms with Crippen molar-refractivity contribution in [3.63, 3.8) is 0 Å². The molecule has 46 heavy (non-hydrogen) atoms. The van der Waals surface area contributed by atoms with E-state index in [4.69, 9.17) is 0 Å². The third-order valence-corrected chi connectivity index (χ3v) is 8.83. The quantitative estimate of drug-likeness (QED) is 0.139. The molecule has 0 radical (unpaired) electrons. The molecule has 0 amide bonds. The first kappa shape index (κ1) is 29.4. The van der Waals surface area contributed by atoms with Crippen molar-refractivity contribution >= 4 is 55.7 Å². The summed E-state index contributed by atoms with van der Waals surface area (Å²) in [7, 11) is 0. The molecule has 7 aromatic rings. The molecular weight excluding hydrogens is 556 g/mol. The van der Waals surface area contributed by atoms with Crippen LogP contribution in [-0.2, 0) is 5.41 Å². The molecule has 0 spiro atoms. The first-order chi connectivity index (χ1) is 22.3. The van der Waals surface area contributed by atoms with Crippen LogP contribution in [0.5, 0.6) is 0 Å². The molecular formula is C44H40N2. The fraction of sp³-hybridized carbons (Fsp3) is 0.136. The van der Waals surface area contributed by atoms with Gasteiger partial charge in [0.2, 0.25) is 0 Å². The van der Waals surface area contributed by atoms with Crippen molar-refractivity contribution < 1.29 is 0 Å². The lowest BCUT2D eigenvalue weighted by atomic mass is 9.84. The summed E-state index contributed by atoms with van der Waals surface area (Å²) in [5.41, 5.74) is 10.7. The standard InChI is InChI=1S/C44H40N2/c1-31-16-14-22-36(28-31)45(34-18-8-6-9-19-34)42-38-24-12-13-25-39(38)43(41-30-33(44(3,4)5)26-27-40(41)42)46(35-20-10-7-11-21-35)37-23-15-17-32(2)29-37/h6-30H,1-5H3. The highest BCUT2D eigenvalue weighted by atomic mass is 15.2. The van der Waals surface area contributed by atoms with Gasteiger partial charge in [0.1, 0.15) is 0 Å². The van der Waals surface area contributed by atoms with Crippen LogP contribution in [0.25, 0.3) is 21.5 Å². The maximum Gasteiger partial charge on any atom is 0.0620 e. The molecule has 0 aliphatic rings. The van der Waals surface area contributed by atoms with E-state index in [0.29, 0.717) is 0 Å². The Morgan fingerprint density at radius 3 is 1.24 bits per heavy atom. The Morgan fingerprint density at radius 2 is 0.783 bits per heavy atom. The molecule has 0 unspecified atom stereocenters. The van der Waals surface area contributed by atoms with Crippen molar-refractivity contribution in [2.45, 2.75) is 40.0 Å². The highest BCUT2D eigenvalue weighted by Gasteiger charge is 2.26. The topological polar surface area (TPSA) is 6.48 Å². The minimum atomic E-state index is -0.0200. The fourth-order valence-electron chi connectivity index (χ4n) is 6.58. The van der Waals surface area contributed by atoms with Gasteiger partial charge in [-0.3, -0.25) is 0 Å². The summed E-state index contributed by atoms with van der Waals surface area (Å²) in [6, 6.07) is 55.3. The van der Waals surface area contributed by atoms with Crippen LogP contribution in [0.15, 0.2) is 152 Å². The third-order valence-electron chi connectivity index (χ3n) is 8.83. The molecule has 0 aromatic heterocycles. The van der Waals surface area contributed by atoms with Gasteiger partial charge in [-0.05, 0) is 90.6 Å². The van der Waals surface area contributed by atoms with Crippen molar-refractivity contribution in [1.82, 2.24) is 0 Å². The predicted octanol–water partition coefficient (Wildman–Crippen LogP) is 12.8. The van der Waals surface area contributed by atoms with Crippen molar-refractivity contribution in [2.75, 3.05) is 9.80 Å². The molecule has 0 atom stereocenters. The average molecular weight is 597 g/mol. The molecule has 0 saturated carbocycles. The third kappa shape index (κ3) is 5.41. The van der Waals surface area contributed by atoms with Gasteiger partial charge >= 0.3 is 0 Å². The van der Waals surface area contributed by atoms with Gasteiger partial charge < -0.3 is 9.80 Å². The molecule has 226 valence electrons. The molecule has 0 aliphatic heterocycles. The van der Waals surface area contributed by atoms with Crippen LogP contribution < -0.4 is 9.80 Å². The number of aryl methyl sites for hydroxylation is 2. The normalized spacial score (nSPS) is 11.6. The molecule has 7 aromatic carbocycles. The van der Waals surface area contributed by atoms with Crippen molar-refractivity contribution in [3.05, 3.63) is 168 Å². The van der Waals surface area contributed by atoms with E-state index in [9.17, 15) is 0 Å². The molecule has 0 heterocycles. The van der Waals surface area contributed by atoms with E-state index in [1.807, 2.05) is 0 Å². The molecule has 0 bridgehead atoms. The van der Waals surface area contributed by atoms with E-state index in [2.05, 4.69) is 196 Å². The lowest BCUT2D eigenvalue weighted by Gasteiger charge is -2.33. The zero-order valence-corrected chi connectivity index (χ0v) is 27.3. The summed E-state index contributed by atoms with van der Waals surface area (Å²) in [6.45, 7) is 11.2. The van der Waals surface area contributed by atoms with Crippen molar-refractivity contribution in [1.29, 1.82) is 0 Å². The molecule has 0 saturated heterocycles. The number of para-hydroxylation sites is 2. The van der Waals surface area contributed by atoms with E-state index in [1.165, 1.54) is 49.6 Å². The Labute approximate surface area is 273 Å². The number of benzene rings is 7. The van der Waals surface area contributed by atoms with Gasteiger partial charge in [0.05, 0.1) is 11.4 Å². The maximum absolute atomic E-state index is 2.45. The largest absolute Gasteiger partial charge is 0.309 e. The second kappa shape index (κ2) is 11.9. The highest BCUT2D eigenvalue weighted by molar-refractivity contribution is 6.23. The summed E-state index contributed by atoms with van der Waals surface area (Å²) in [5, 5.41) is 4.84. The highest BCUT2D eigenvalue weighted by Crippen LogP contribution is 2.51. The molecule has 0 fully saturated rings. The van der Waals surface area contributed by atoms with Gasteiger partial charge in [-0.1, -0.05) is 118 Å². The van der Waals surface area contributed by atoms with Crippen LogP contribution >= 0.6 is 0 Å². The minimum absolute atomic E-state index is 0.0200. The van der Waals surface area contributed by atoms with Crippen LogP contribution in [0, 0.1) is 13.8 Å². The first-order valence-corrected chi connectivity index (χ1v) is 16.1. The number of anilines is 6. The smallest absolute Gasteiger partial charge is 0.0620 e. The van der Waals surface area contributed by atoms with E-state index >= 15 is 0 Å². The SMILES string of the molecule is Cc1cccc(N(c2ccccc2)c2c3ccccc3c(N(c3ccccc3)c3cccc(C)c3)c3cc(C(C)(C)C)ccc23)c1. The Bertz CT molecular complexity index is 2160. The summed E-state index contributed by atoms with van der Waals surface area (Å²) >= 11 is 0. The number of hydrogen-bond donors (Lipinski definition) is 0. The lowest BCUT2D eigenvalue weighted by Crippen LogP contribution is -2.16. The Kier molecular flexibility index (Phi) is 7.58. The monoisotopic (exact) mass is 596 g/mol. The lowest BCUT2D eigenvalue weighted by molar-refractivity contribution is 0.591. The van der Waals surface area contributed by atoms with Crippen molar-refractivity contribution in [2.24, 2.45) is 0 Å². The Morgan fingerprint density at radius 1 is 0.370 bits per heavy atom. The van der Waals surface area contributed by atoms with E-state index in [-0.39, 0.29) is 5.41 Å². The molecule has 2 nitrogen and oxygen atoms in total. The summed E-state index contributed by atoms with van der Waals surface area (Å²) in [4.78, 5) is 4.89. The summed E-state index contributed by atoms with van der Waals surface area (Å²) in [5.74, 6) is 0.